The maximum absolute atomic E-state index is 13.3. The Morgan fingerprint density at radius 2 is 1.59 bits per heavy atom. The van der Waals surface area contributed by atoms with Gasteiger partial charge in [0.25, 0.3) is 5.91 Å². The predicted molar refractivity (Wildman–Crippen MR) is 122 cm³/mol. The Balaban J connectivity index is 1.74. The molecule has 0 spiro atoms. The van der Waals surface area contributed by atoms with E-state index in [9.17, 15) is 4.79 Å². The number of ether oxygens (including phenoxy) is 3. The van der Waals surface area contributed by atoms with Crippen molar-refractivity contribution in [1.82, 2.24) is 15.1 Å². The number of hydrogen-bond acceptors (Lipinski definition) is 5. The fourth-order valence-corrected chi connectivity index (χ4v) is 4.16. The molecule has 0 saturated carbocycles. The first-order valence-electron chi connectivity index (χ1n) is 11.0. The number of rotatable bonds is 10. The number of aromatic amines is 1. The van der Waals surface area contributed by atoms with E-state index in [-0.39, 0.29) is 11.9 Å². The Bertz CT molecular complexity index is 1040. The lowest BCUT2D eigenvalue weighted by Gasteiger charge is -2.26. The van der Waals surface area contributed by atoms with Crippen molar-refractivity contribution in [3.63, 3.8) is 0 Å². The lowest BCUT2D eigenvalue weighted by Crippen LogP contribution is -2.31. The summed E-state index contributed by atoms with van der Waals surface area (Å²) in [6, 6.07) is 15.5. The number of benzene rings is 2. The van der Waals surface area contributed by atoms with Crippen molar-refractivity contribution < 1.29 is 19.0 Å². The molecule has 0 fully saturated rings. The van der Waals surface area contributed by atoms with E-state index in [1.54, 1.807) is 7.11 Å². The highest BCUT2D eigenvalue weighted by atomic mass is 16.5. The van der Waals surface area contributed by atoms with Gasteiger partial charge in [-0.25, -0.2) is 0 Å². The minimum atomic E-state index is -0.231. The zero-order valence-electron chi connectivity index (χ0n) is 18.8. The minimum Gasteiger partial charge on any atom is -0.494 e. The van der Waals surface area contributed by atoms with Gasteiger partial charge in [-0.2, -0.15) is 5.10 Å². The molecule has 1 aliphatic heterocycles. The molecule has 1 aromatic heterocycles. The number of methoxy groups -OCH3 is 1. The van der Waals surface area contributed by atoms with Gasteiger partial charge >= 0.3 is 0 Å². The first-order chi connectivity index (χ1) is 15.7. The molecule has 2 aromatic carbocycles. The van der Waals surface area contributed by atoms with E-state index < -0.39 is 0 Å². The van der Waals surface area contributed by atoms with Crippen LogP contribution in [0.1, 0.15) is 47.9 Å². The standard InChI is InChI=1S/C25H29N3O4/c1-4-31-19-11-7-17(8-12-19)22-21-23(27-26-22)25(29)28(15-6-16-30-3)24(21)18-9-13-20(14-10-18)32-5-2/h7-14,24H,4-6,15-16H2,1-3H3,(H,26,27). The van der Waals surface area contributed by atoms with E-state index in [0.29, 0.717) is 32.1 Å². The normalized spacial score (nSPS) is 15.2. The first-order valence-corrected chi connectivity index (χ1v) is 11.0. The molecule has 0 bridgehead atoms. The topological polar surface area (TPSA) is 76.7 Å². The van der Waals surface area contributed by atoms with E-state index in [4.69, 9.17) is 14.2 Å². The van der Waals surface area contributed by atoms with Crippen LogP contribution in [0.15, 0.2) is 48.5 Å². The average molecular weight is 436 g/mol. The number of H-pyrrole nitrogens is 1. The molecular formula is C25H29N3O4. The monoisotopic (exact) mass is 435 g/mol. The van der Waals surface area contributed by atoms with Gasteiger partial charge in [0, 0.05) is 31.4 Å². The molecule has 1 amide bonds. The highest BCUT2D eigenvalue weighted by Crippen LogP contribution is 2.43. The second kappa shape index (κ2) is 9.87. The number of amides is 1. The number of nitrogens with one attached hydrogen (secondary N) is 1. The van der Waals surface area contributed by atoms with Gasteiger partial charge in [0.2, 0.25) is 0 Å². The number of fused-ring (bicyclic) bond motifs is 1. The van der Waals surface area contributed by atoms with Crippen LogP contribution in [0.2, 0.25) is 0 Å². The van der Waals surface area contributed by atoms with Gasteiger partial charge in [0.05, 0.1) is 24.9 Å². The Labute approximate surface area is 188 Å². The van der Waals surface area contributed by atoms with Crippen LogP contribution >= 0.6 is 0 Å². The predicted octanol–water partition coefficient (Wildman–Crippen LogP) is 4.46. The maximum atomic E-state index is 13.3. The third kappa shape index (κ3) is 4.21. The van der Waals surface area contributed by atoms with Crippen LogP contribution in [0.4, 0.5) is 0 Å². The van der Waals surface area contributed by atoms with Crippen molar-refractivity contribution in [2.24, 2.45) is 0 Å². The Morgan fingerprint density at radius 3 is 2.19 bits per heavy atom. The summed E-state index contributed by atoms with van der Waals surface area (Å²) >= 11 is 0. The van der Waals surface area contributed by atoms with Crippen LogP contribution in [0.5, 0.6) is 11.5 Å². The first kappa shape index (κ1) is 21.9. The molecule has 7 heteroatoms. The number of nitrogens with zero attached hydrogens (tertiary/aromatic N) is 2. The zero-order chi connectivity index (χ0) is 22.5. The molecule has 7 nitrogen and oxygen atoms in total. The Morgan fingerprint density at radius 1 is 0.969 bits per heavy atom. The molecular weight excluding hydrogens is 406 g/mol. The van der Waals surface area contributed by atoms with E-state index >= 15 is 0 Å². The molecule has 3 aromatic rings. The van der Waals surface area contributed by atoms with E-state index in [1.165, 1.54) is 0 Å². The lowest BCUT2D eigenvalue weighted by molar-refractivity contribution is 0.0723. The van der Waals surface area contributed by atoms with E-state index in [1.807, 2.05) is 67.3 Å². The molecule has 1 unspecified atom stereocenters. The highest BCUT2D eigenvalue weighted by molar-refractivity contribution is 6.00. The molecule has 2 heterocycles. The van der Waals surface area contributed by atoms with Crippen molar-refractivity contribution >= 4 is 5.91 Å². The van der Waals surface area contributed by atoms with E-state index in [2.05, 4.69) is 10.2 Å². The number of carbonyl (C=O) groups is 1. The van der Waals surface area contributed by atoms with Crippen LogP contribution in [-0.2, 0) is 4.74 Å². The molecule has 0 aliphatic carbocycles. The number of hydrogen-bond donors (Lipinski definition) is 1. The summed E-state index contributed by atoms with van der Waals surface area (Å²) in [7, 11) is 1.67. The summed E-state index contributed by atoms with van der Waals surface area (Å²) in [5, 5.41) is 7.52. The van der Waals surface area contributed by atoms with Crippen LogP contribution in [-0.4, -0.2) is 54.5 Å². The van der Waals surface area contributed by atoms with Crippen LogP contribution in [0.3, 0.4) is 0 Å². The summed E-state index contributed by atoms with van der Waals surface area (Å²) in [5.74, 6) is 1.58. The number of aromatic nitrogens is 2. The van der Waals surface area contributed by atoms with Crippen LogP contribution in [0.25, 0.3) is 11.3 Å². The van der Waals surface area contributed by atoms with Crippen molar-refractivity contribution in [3.05, 3.63) is 65.4 Å². The Hall–Kier alpha value is -3.32. The molecule has 32 heavy (non-hydrogen) atoms. The SMILES string of the molecule is CCOc1ccc(-c2n[nH]c3c2C(c2ccc(OCC)cc2)N(CCCOC)C3=O)cc1. The fourth-order valence-electron chi connectivity index (χ4n) is 4.16. The smallest absolute Gasteiger partial charge is 0.273 e. The lowest BCUT2D eigenvalue weighted by atomic mass is 9.96. The van der Waals surface area contributed by atoms with Gasteiger partial charge in [-0.15, -0.1) is 0 Å². The third-order valence-corrected chi connectivity index (χ3v) is 5.56. The molecule has 1 N–H and O–H groups in total. The fraction of sp³-hybridized carbons (Fsp3) is 0.360. The summed E-state index contributed by atoms with van der Waals surface area (Å²) in [6.45, 7) is 6.33. The van der Waals surface area contributed by atoms with Gasteiger partial charge in [0.1, 0.15) is 17.2 Å². The summed E-state index contributed by atoms with van der Waals surface area (Å²) < 4.78 is 16.4. The van der Waals surface area contributed by atoms with Crippen molar-refractivity contribution in [1.29, 1.82) is 0 Å². The molecule has 0 saturated heterocycles. The molecule has 1 aliphatic rings. The summed E-state index contributed by atoms with van der Waals surface area (Å²) in [5.41, 5.74) is 4.19. The summed E-state index contributed by atoms with van der Waals surface area (Å²) in [6.07, 6.45) is 0.756. The van der Waals surface area contributed by atoms with Crippen molar-refractivity contribution in [3.8, 4) is 22.8 Å². The quantitative estimate of drug-likeness (QED) is 0.476. The van der Waals surface area contributed by atoms with Gasteiger partial charge in [-0.1, -0.05) is 12.1 Å². The highest BCUT2D eigenvalue weighted by Gasteiger charge is 2.41. The van der Waals surface area contributed by atoms with Crippen molar-refractivity contribution in [2.75, 3.05) is 33.5 Å². The van der Waals surface area contributed by atoms with E-state index in [0.717, 1.165) is 40.3 Å². The van der Waals surface area contributed by atoms with Crippen LogP contribution < -0.4 is 9.47 Å². The molecule has 4 rings (SSSR count). The minimum absolute atomic E-state index is 0.0420. The molecule has 1 atom stereocenters. The Kier molecular flexibility index (Phi) is 6.75. The largest absolute Gasteiger partial charge is 0.494 e. The average Bonchev–Trinajstić information content (AvgIpc) is 3.35. The second-order valence-corrected chi connectivity index (χ2v) is 7.57. The van der Waals surface area contributed by atoms with Crippen molar-refractivity contribution in [2.45, 2.75) is 26.3 Å². The van der Waals surface area contributed by atoms with Gasteiger partial charge in [0.15, 0.2) is 0 Å². The second-order valence-electron chi connectivity index (χ2n) is 7.57. The molecule has 168 valence electrons. The van der Waals surface area contributed by atoms with Crippen LogP contribution in [0, 0.1) is 0 Å². The number of carbonyl (C=O) groups excluding carboxylic acids is 1. The maximum Gasteiger partial charge on any atom is 0.273 e. The zero-order valence-corrected chi connectivity index (χ0v) is 18.8. The molecule has 0 radical (unpaired) electrons. The summed E-state index contributed by atoms with van der Waals surface area (Å²) in [4.78, 5) is 15.2. The van der Waals surface area contributed by atoms with Gasteiger partial charge in [-0.05, 0) is 62.2 Å². The van der Waals surface area contributed by atoms with Gasteiger partial charge < -0.3 is 19.1 Å². The van der Waals surface area contributed by atoms with Gasteiger partial charge in [-0.3, -0.25) is 9.89 Å². The third-order valence-electron chi connectivity index (χ3n) is 5.56.